The number of nitriles is 3. The van der Waals surface area contributed by atoms with Crippen LogP contribution in [-0.4, -0.2) is 61.0 Å². The van der Waals surface area contributed by atoms with Gasteiger partial charge in [-0.05, 0) is 0 Å². The molecule has 1 atom stereocenters. The van der Waals surface area contributed by atoms with Gasteiger partial charge in [-0.2, -0.15) is 15.8 Å². The molecule has 0 aromatic carbocycles. The van der Waals surface area contributed by atoms with Crippen molar-refractivity contribution in [3.8, 4) is 18.2 Å². The largest absolute Gasteiger partial charge is 0.340 e. The lowest BCUT2D eigenvalue weighted by Gasteiger charge is -2.33. The number of carbonyl (C=O) groups excluding carboxylic acids is 1. The summed E-state index contributed by atoms with van der Waals surface area (Å²) >= 11 is 0. The van der Waals surface area contributed by atoms with Crippen molar-refractivity contribution in [1.29, 1.82) is 15.8 Å². The zero-order chi connectivity index (χ0) is 14.8. The summed E-state index contributed by atoms with van der Waals surface area (Å²) in [7, 11) is 0. The first-order chi connectivity index (χ1) is 9.72. The van der Waals surface area contributed by atoms with Crippen LogP contribution in [0.1, 0.15) is 12.8 Å². The van der Waals surface area contributed by atoms with E-state index in [9.17, 15) is 4.79 Å². The Balaban J connectivity index is 2.57. The SMILES string of the molecule is N#CCCN(CCC#N)C(=O)CN1CCNCC1C#N. The number of nitrogens with zero attached hydrogens (tertiary/aromatic N) is 5. The van der Waals surface area contributed by atoms with E-state index in [0.29, 0.717) is 26.2 Å². The highest BCUT2D eigenvalue weighted by molar-refractivity contribution is 5.78. The predicted octanol–water partition coefficient (Wildman–Crippen LogP) is -0.560. The molecule has 20 heavy (non-hydrogen) atoms. The Hall–Kier alpha value is -2.14. The minimum atomic E-state index is -0.304. The molecule has 7 heteroatoms. The highest BCUT2D eigenvalue weighted by Crippen LogP contribution is 2.04. The van der Waals surface area contributed by atoms with Crippen molar-refractivity contribution in [1.82, 2.24) is 15.1 Å². The van der Waals surface area contributed by atoms with Crippen LogP contribution in [0.25, 0.3) is 0 Å². The third kappa shape index (κ3) is 4.85. The number of carbonyl (C=O) groups is 1. The molecule has 1 N–H and O–H groups in total. The van der Waals surface area contributed by atoms with Crippen molar-refractivity contribution in [2.75, 3.05) is 39.3 Å². The van der Waals surface area contributed by atoms with Gasteiger partial charge in [0.1, 0.15) is 6.04 Å². The fourth-order valence-corrected chi connectivity index (χ4v) is 2.07. The van der Waals surface area contributed by atoms with E-state index in [1.165, 1.54) is 4.90 Å². The van der Waals surface area contributed by atoms with Crippen molar-refractivity contribution >= 4 is 5.91 Å². The van der Waals surface area contributed by atoms with Gasteiger partial charge in [0, 0.05) is 32.7 Å². The van der Waals surface area contributed by atoms with E-state index in [0.717, 1.165) is 6.54 Å². The highest BCUT2D eigenvalue weighted by Gasteiger charge is 2.25. The van der Waals surface area contributed by atoms with Gasteiger partial charge in [0.2, 0.25) is 5.91 Å². The lowest BCUT2D eigenvalue weighted by molar-refractivity contribution is -0.132. The molecule has 0 aromatic rings. The van der Waals surface area contributed by atoms with E-state index >= 15 is 0 Å². The molecule has 0 spiro atoms. The molecule has 1 rings (SSSR count). The Bertz CT molecular complexity index is 425. The Morgan fingerprint density at radius 2 is 1.90 bits per heavy atom. The molecular weight excluding hydrogens is 256 g/mol. The molecule has 1 amide bonds. The fraction of sp³-hybridized carbons (Fsp3) is 0.692. The maximum absolute atomic E-state index is 12.2. The zero-order valence-corrected chi connectivity index (χ0v) is 11.4. The van der Waals surface area contributed by atoms with Crippen molar-refractivity contribution in [3.63, 3.8) is 0 Å². The number of hydrogen-bond acceptors (Lipinski definition) is 6. The molecular formula is C13H18N6O. The van der Waals surface area contributed by atoms with Crippen LogP contribution in [0.4, 0.5) is 0 Å². The summed E-state index contributed by atoms with van der Waals surface area (Å²) in [5, 5.41) is 29.4. The first-order valence-corrected chi connectivity index (χ1v) is 6.59. The van der Waals surface area contributed by atoms with Crippen LogP contribution < -0.4 is 5.32 Å². The van der Waals surface area contributed by atoms with Crippen LogP contribution >= 0.6 is 0 Å². The molecule has 0 aliphatic carbocycles. The molecule has 1 heterocycles. The summed E-state index contributed by atoms with van der Waals surface area (Å²) in [5.41, 5.74) is 0. The minimum Gasteiger partial charge on any atom is -0.340 e. The molecule has 1 unspecified atom stereocenters. The quantitative estimate of drug-likeness (QED) is 0.695. The van der Waals surface area contributed by atoms with Crippen LogP contribution in [0.2, 0.25) is 0 Å². The van der Waals surface area contributed by atoms with Gasteiger partial charge in [0.05, 0.1) is 37.6 Å². The molecule has 106 valence electrons. The first kappa shape index (κ1) is 15.9. The number of nitrogens with one attached hydrogen (secondary N) is 1. The maximum atomic E-state index is 12.2. The third-order valence-electron chi connectivity index (χ3n) is 3.18. The van der Waals surface area contributed by atoms with Crippen molar-refractivity contribution in [3.05, 3.63) is 0 Å². The molecule has 7 nitrogen and oxygen atoms in total. The molecule has 0 saturated carbocycles. The van der Waals surface area contributed by atoms with Gasteiger partial charge in [-0.25, -0.2) is 0 Å². The van der Waals surface area contributed by atoms with Crippen LogP contribution in [-0.2, 0) is 4.79 Å². The summed E-state index contributed by atoms with van der Waals surface area (Å²) < 4.78 is 0. The number of amides is 1. The van der Waals surface area contributed by atoms with Gasteiger partial charge in [0.15, 0.2) is 0 Å². The normalized spacial score (nSPS) is 18.6. The first-order valence-electron chi connectivity index (χ1n) is 6.59. The van der Waals surface area contributed by atoms with Gasteiger partial charge in [-0.3, -0.25) is 9.69 Å². The summed E-state index contributed by atoms with van der Waals surface area (Å²) in [4.78, 5) is 15.6. The van der Waals surface area contributed by atoms with E-state index in [1.807, 2.05) is 17.0 Å². The Morgan fingerprint density at radius 3 is 2.45 bits per heavy atom. The van der Waals surface area contributed by atoms with Crippen molar-refractivity contribution < 1.29 is 4.79 Å². The van der Waals surface area contributed by atoms with Crippen molar-refractivity contribution in [2.24, 2.45) is 0 Å². The van der Waals surface area contributed by atoms with E-state index in [2.05, 4.69) is 11.4 Å². The standard InChI is InChI=1S/C13H18N6O/c14-3-1-6-18(7-2-4-15)13(20)11-19-8-5-17-10-12(19)9-16/h12,17H,1-2,5-8,10-11H2. The molecule has 0 bridgehead atoms. The summed E-state index contributed by atoms with van der Waals surface area (Å²) in [6.45, 7) is 2.79. The monoisotopic (exact) mass is 274 g/mol. The van der Waals surface area contributed by atoms with Crippen molar-refractivity contribution in [2.45, 2.75) is 18.9 Å². The Kier molecular flexibility index (Phi) is 7.06. The van der Waals surface area contributed by atoms with Crippen LogP contribution in [0.3, 0.4) is 0 Å². The summed E-state index contributed by atoms with van der Waals surface area (Å²) in [5.74, 6) is -0.127. The molecule has 1 saturated heterocycles. The van der Waals surface area contributed by atoms with E-state index in [1.54, 1.807) is 0 Å². The molecule has 0 aromatic heterocycles. The fourth-order valence-electron chi connectivity index (χ4n) is 2.07. The second-order valence-electron chi connectivity index (χ2n) is 4.52. The topological polar surface area (TPSA) is 107 Å². The maximum Gasteiger partial charge on any atom is 0.236 e. The number of hydrogen-bond donors (Lipinski definition) is 1. The lowest BCUT2D eigenvalue weighted by Crippen LogP contribution is -2.54. The number of piperazine rings is 1. The molecule has 1 fully saturated rings. The van der Waals surface area contributed by atoms with Gasteiger partial charge < -0.3 is 10.2 Å². The van der Waals surface area contributed by atoms with E-state index < -0.39 is 0 Å². The van der Waals surface area contributed by atoms with Crippen LogP contribution in [0, 0.1) is 34.0 Å². The smallest absolute Gasteiger partial charge is 0.236 e. The molecule has 1 aliphatic heterocycles. The summed E-state index contributed by atoms with van der Waals surface area (Å²) in [6.07, 6.45) is 0.501. The zero-order valence-electron chi connectivity index (χ0n) is 11.4. The summed E-state index contributed by atoms with van der Waals surface area (Å²) in [6, 6.07) is 5.87. The Labute approximate surface area is 119 Å². The third-order valence-corrected chi connectivity index (χ3v) is 3.18. The average Bonchev–Trinajstić information content (AvgIpc) is 2.47. The van der Waals surface area contributed by atoms with Gasteiger partial charge in [-0.1, -0.05) is 0 Å². The lowest BCUT2D eigenvalue weighted by atomic mass is 10.2. The predicted molar refractivity (Wildman–Crippen MR) is 70.9 cm³/mol. The number of rotatable bonds is 6. The van der Waals surface area contributed by atoms with E-state index in [4.69, 9.17) is 15.8 Å². The minimum absolute atomic E-state index is 0.127. The van der Waals surface area contributed by atoms with E-state index in [-0.39, 0.29) is 31.3 Å². The Morgan fingerprint density at radius 1 is 1.25 bits per heavy atom. The van der Waals surface area contributed by atoms with Gasteiger partial charge >= 0.3 is 0 Å². The van der Waals surface area contributed by atoms with Crippen LogP contribution in [0.15, 0.2) is 0 Å². The van der Waals surface area contributed by atoms with Gasteiger partial charge in [0.25, 0.3) is 0 Å². The second-order valence-corrected chi connectivity index (χ2v) is 4.52. The molecule has 1 aliphatic rings. The highest BCUT2D eigenvalue weighted by atomic mass is 16.2. The molecule has 0 radical (unpaired) electrons. The van der Waals surface area contributed by atoms with Crippen LogP contribution in [0.5, 0.6) is 0 Å². The second kappa shape index (κ2) is 8.87. The average molecular weight is 274 g/mol. The van der Waals surface area contributed by atoms with Gasteiger partial charge in [-0.15, -0.1) is 0 Å².